The number of carbonyl (C=O) groups is 1. The SMILES string of the molecule is CC1(C)CC(=O)C2C(=NC(COCCN)=C(C#N)C2c2nccs2)C1. The molecule has 6 nitrogen and oxygen atoms in total. The summed E-state index contributed by atoms with van der Waals surface area (Å²) >= 11 is 1.47. The second-order valence-electron chi connectivity index (χ2n) is 7.23. The fourth-order valence-corrected chi connectivity index (χ4v) is 4.43. The van der Waals surface area contributed by atoms with Gasteiger partial charge in [-0.3, -0.25) is 9.79 Å². The molecule has 0 spiro atoms. The van der Waals surface area contributed by atoms with E-state index in [2.05, 4.69) is 24.9 Å². The smallest absolute Gasteiger partial charge is 0.143 e. The van der Waals surface area contributed by atoms with Crippen molar-refractivity contribution in [1.82, 2.24) is 4.98 Å². The highest BCUT2D eigenvalue weighted by Crippen LogP contribution is 2.46. The number of thiazole rings is 1. The molecular weight excluding hydrogens is 336 g/mol. The molecule has 0 saturated heterocycles. The van der Waals surface area contributed by atoms with Crippen LogP contribution in [0.5, 0.6) is 0 Å². The molecule has 3 rings (SSSR count). The molecule has 1 saturated carbocycles. The number of carbonyl (C=O) groups excluding carboxylic acids is 1. The van der Waals surface area contributed by atoms with Crippen molar-refractivity contribution in [2.45, 2.75) is 32.6 Å². The number of Topliss-reactive ketones (excluding diaryl/α,β-unsaturated/α-hetero) is 1. The topological polar surface area (TPSA) is 101 Å². The third kappa shape index (κ3) is 3.56. The lowest BCUT2D eigenvalue weighted by Gasteiger charge is -2.39. The van der Waals surface area contributed by atoms with Crippen molar-refractivity contribution in [1.29, 1.82) is 5.26 Å². The number of nitrogens with two attached hydrogens (primary N) is 1. The third-order valence-corrected chi connectivity index (χ3v) is 5.45. The van der Waals surface area contributed by atoms with Crippen molar-refractivity contribution in [2.75, 3.05) is 19.8 Å². The van der Waals surface area contributed by atoms with Gasteiger partial charge in [-0.25, -0.2) is 4.98 Å². The van der Waals surface area contributed by atoms with Crippen LogP contribution in [0.15, 0.2) is 27.8 Å². The van der Waals surface area contributed by atoms with Crippen LogP contribution >= 0.6 is 11.3 Å². The summed E-state index contributed by atoms with van der Waals surface area (Å²) in [7, 11) is 0. The Morgan fingerprint density at radius 2 is 2.24 bits per heavy atom. The number of hydrogen-bond acceptors (Lipinski definition) is 7. The third-order valence-electron chi connectivity index (χ3n) is 4.59. The van der Waals surface area contributed by atoms with E-state index in [1.807, 2.05) is 5.38 Å². The maximum atomic E-state index is 12.9. The van der Waals surface area contributed by atoms with Crippen LogP contribution in [0.3, 0.4) is 0 Å². The number of rotatable bonds is 5. The molecule has 25 heavy (non-hydrogen) atoms. The van der Waals surface area contributed by atoms with Crippen molar-refractivity contribution < 1.29 is 9.53 Å². The number of nitrogens with zero attached hydrogens (tertiary/aromatic N) is 3. The van der Waals surface area contributed by atoms with E-state index in [0.29, 0.717) is 30.8 Å². The predicted molar refractivity (Wildman–Crippen MR) is 96.3 cm³/mol. The number of ketones is 1. The van der Waals surface area contributed by atoms with Crippen LogP contribution in [-0.4, -0.2) is 36.2 Å². The van der Waals surface area contributed by atoms with Crippen molar-refractivity contribution in [2.24, 2.45) is 22.1 Å². The van der Waals surface area contributed by atoms with Gasteiger partial charge in [-0.2, -0.15) is 5.26 Å². The summed E-state index contributed by atoms with van der Waals surface area (Å²) < 4.78 is 5.54. The standard InChI is InChI=1S/C18H22N4O2S/c1-18(2)7-12-16(14(23)8-18)15(17-21-4-6-25-17)11(9-20)13(22-12)10-24-5-3-19/h4,6,15-16H,3,5,7-8,10,19H2,1-2H3. The Morgan fingerprint density at radius 1 is 1.44 bits per heavy atom. The minimum atomic E-state index is -0.382. The zero-order valence-electron chi connectivity index (χ0n) is 14.5. The molecule has 0 radical (unpaired) electrons. The average molecular weight is 358 g/mol. The zero-order valence-corrected chi connectivity index (χ0v) is 15.3. The molecule has 1 fully saturated rings. The molecular formula is C18H22N4O2S. The van der Waals surface area contributed by atoms with Gasteiger partial charge in [0.05, 0.1) is 42.4 Å². The quantitative estimate of drug-likeness (QED) is 0.815. The Hall–Kier alpha value is -1.88. The number of ether oxygens (including phenoxy) is 1. The zero-order chi connectivity index (χ0) is 18.0. The Labute approximate surface area is 151 Å². The summed E-state index contributed by atoms with van der Waals surface area (Å²) in [5, 5.41) is 12.4. The number of aliphatic imine (C=N–C) groups is 1. The molecule has 1 aromatic heterocycles. The van der Waals surface area contributed by atoms with Gasteiger partial charge in [0.25, 0.3) is 0 Å². The number of aromatic nitrogens is 1. The maximum absolute atomic E-state index is 12.9. The number of nitriles is 1. The average Bonchev–Trinajstić information content (AvgIpc) is 3.06. The predicted octanol–water partition coefficient (Wildman–Crippen LogP) is 2.44. The highest BCUT2D eigenvalue weighted by molar-refractivity contribution is 7.09. The van der Waals surface area contributed by atoms with E-state index in [9.17, 15) is 10.1 Å². The van der Waals surface area contributed by atoms with Crippen LogP contribution in [0.1, 0.15) is 37.6 Å². The van der Waals surface area contributed by atoms with E-state index in [1.54, 1.807) is 6.20 Å². The van der Waals surface area contributed by atoms with Gasteiger partial charge in [0.1, 0.15) is 10.8 Å². The monoisotopic (exact) mass is 358 g/mol. The van der Waals surface area contributed by atoms with Gasteiger partial charge < -0.3 is 10.5 Å². The first-order chi connectivity index (χ1) is 12.0. The van der Waals surface area contributed by atoms with Crippen LogP contribution < -0.4 is 5.73 Å². The van der Waals surface area contributed by atoms with Gasteiger partial charge >= 0.3 is 0 Å². The minimum Gasteiger partial charge on any atom is -0.374 e. The largest absolute Gasteiger partial charge is 0.374 e. The number of fused-ring (bicyclic) bond motifs is 1. The van der Waals surface area contributed by atoms with E-state index >= 15 is 0 Å². The van der Waals surface area contributed by atoms with Crippen molar-refractivity contribution >= 4 is 22.8 Å². The van der Waals surface area contributed by atoms with Gasteiger partial charge in [0, 0.05) is 30.3 Å². The molecule has 2 N–H and O–H groups in total. The Balaban J connectivity index is 2.06. The Bertz CT molecular complexity index is 759. The lowest BCUT2D eigenvalue weighted by Crippen LogP contribution is -2.43. The van der Waals surface area contributed by atoms with Gasteiger partial charge in [0.15, 0.2) is 0 Å². The first kappa shape index (κ1) is 17.9. The van der Waals surface area contributed by atoms with E-state index < -0.39 is 0 Å². The van der Waals surface area contributed by atoms with Gasteiger partial charge in [0.2, 0.25) is 0 Å². The summed E-state index contributed by atoms with van der Waals surface area (Å²) in [4.78, 5) is 22.0. The van der Waals surface area contributed by atoms with E-state index in [-0.39, 0.29) is 29.6 Å². The lowest BCUT2D eigenvalue weighted by molar-refractivity contribution is -0.124. The molecule has 132 valence electrons. The maximum Gasteiger partial charge on any atom is 0.143 e. The molecule has 1 aliphatic heterocycles. The molecule has 2 heterocycles. The first-order valence-electron chi connectivity index (χ1n) is 8.37. The first-order valence-corrected chi connectivity index (χ1v) is 9.25. The highest BCUT2D eigenvalue weighted by Gasteiger charge is 2.47. The van der Waals surface area contributed by atoms with Crippen LogP contribution in [0, 0.1) is 22.7 Å². The Morgan fingerprint density at radius 3 is 2.88 bits per heavy atom. The van der Waals surface area contributed by atoms with Crippen LogP contribution in [0.2, 0.25) is 0 Å². The van der Waals surface area contributed by atoms with Crippen molar-refractivity contribution in [3.8, 4) is 6.07 Å². The van der Waals surface area contributed by atoms with Crippen LogP contribution in [0.4, 0.5) is 0 Å². The van der Waals surface area contributed by atoms with E-state index in [1.165, 1.54) is 11.3 Å². The fraction of sp³-hybridized carbons (Fsp3) is 0.556. The molecule has 2 atom stereocenters. The second-order valence-corrected chi connectivity index (χ2v) is 8.15. The Kier molecular flexibility index (Phi) is 5.13. The van der Waals surface area contributed by atoms with Gasteiger partial charge in [-0.1, -0.05) is 13.8 Å². The minimum absolute atomic E-state index is 0.118. The molecule has 1 aromatic rings. The summed E-state index contributed by atoms with van der Waals surface area (Å²) in [5.41, 5.74) is 7.32. The van der Waals surface area contributed by atoms with Crippen LogP contribution in [-0.2, 0) is 9.53 Å². The molecule has 0 aromatic carbocycles. The number of hydrogen-bond donors (Lipinski definition) is 1. The van der Waals surface area contributed by atoms with E-state index in [0.717, 1.165) is 17.1 Å². The summed E-state index contributed by atoms with van der Waals surface area (Å²) in [6, 6.07) is 2.27. The van der Waals surface area contributed by atoms with Crippen molar-refractivity contribution in [3.63, 3.8) is 0 Å². The summed E-state index contributed by atoms with van der Waals surface area (Å²) in [6.07, 6.45) is 2.95. The molecule has 0 bridgehead atoms. The molecule has 1 aliphatic carbocycles. The number of allylic oxidation sites excluding steroid dienone is 1. The van der Waals surface area contributed by atoms with Crippen molar-refractivity contribution in [3.05, 3.63) is 27.9 Å². The van der Waals surface area contributed by atoms with Gasteiger partial charge in [-0.15, -0.1) is 11.3 Å². The second kappa shape index (κ2) is 7.16. The molecule has 2 aliphatic rings. The normalized spacial score (nSPS) is 25.4. The van der Waals surface area contributed by atoms with Gasteiger partial charge in [-0.05, 0) is 11.8 Å². The summed E-state index contributed by atoms with van der Waals surface area (Å²) in [5.74, 6) is -0.588. The van der Waals surface area contributed by atoms with Crippen LogP contribution in [0.25, 0.3) is 0 Å². The molecule has 0 amide bonds. The lowest BCUT2D eigenvalue weighted by atomic mass is 9.65. The highest BCUT2D eigenvalue weighted by atomic mass is 32.1. The molecule has 2 unspecified atom stereocenters. The summed E-state index contributed by atoms with van der Waals surface area (Å²) in [6.45, 7) is 5.21. The van der Waals surface area contributed by atoms with E-state index in [4.69, 9.17) is 15.5 Å². The molecule has 7 heteroatoms. The fourth-order valence-electron chi connectivity index (χ4n) is 3.65.